The van der Waals surface area contributed by atoms with Crippen molar-refractivity contribution in [1.82, 2.24) is 0 Å². The van der Waals surface area contributed by atoms with Crippen LogP contribution in [0.15, 0.2) is 60.8 Å². The van der Waals surface area contributed by atoms with Crippen molar-refractivity contribution in [1.29, 1.82) is 0 Å². The van der Waals surface area contributed by atoms with Gasteiger partial charge >= 0.3 is 11.9 Å². The summed E-state index contributed by atoms with van der Waals surface area (Å²) in [6.07, 6.45) is 74.4. The van der Waals surface area contributed by atoms with E-state index < -0.39 is 26.5 Å². The molecular formula is C66H122NO8P. The van der Waals surface area contributed by atoms with Crippen LogP contribution in [-0.4, -0.2) is 70.0 Å². The first-order valence-corrected chi connectivity index (χ1v) is 33.5. The lowest BCUT2D eigenvalue weighted by atomic mass is 10.0. The largest absolute Gasteiger partial charge is 0.756 e. The van der Waals surface area contributed by atoms with Crippen molar-refractivity contribution in [3.05, 3.63) is 60.8 Å². The number of esters is 2. The molecule has 9 nitrogen and oxygen atoms in total. The van der Waals surface area contributed by atoms with E-state index >= 15 is 0 Å². The molecule has 0 amide bonds. The number of hydrogen-bond acceptors (Lipinski definition) is 8. The lowest BCUT2D eigenvalue weighted by Gasteiger charge is -2.28. The first-order chi connectivity index (χ1) is 37.0. The van der Waals surface area contributed by atoms with E-state index in [0.717, 1.165) is 64.2 Å². The Labute approximate surface area is 470 Å². The zero-order valence-corrected chi connectivity index (χ0v) is 51.3. The van der Waals surface area contributed by atoms with Crippen LogP contribution in [0.3, 0.4) is 0 Å². The monoisotopic (exact) mass is 1090 g/mol. The highest BCUT2D eigenvalue weighted by Crippen LogP contribution is 2.38. The van der Waals surface area contributed by atoms with Gasteiger partial charge in [-0.25, -0.2) is 0 Å². The molecule has 0 aromatic carbocycles. The standard InChI is InChI=1S/C66H122NO8P/c1-6-8-10-12-14-16-18-20-22-23-24-25-26-27-28-29-30-31-32-33-34-35-36-37-38-39-40-41-42-43-45-47-49-51-53-55-57-59-66(69)75-64(63-74-76(70,71)73-61-60-67(3,4)5)62-72-65(68)58-56-54-52-50-48-46-44-21-19-17-15-13-11-9-7-2/h8,10,14,16,20,22,24-25,27-28,64H,6-7,9,11-13,15,17-19,21,23,26,29-63H2,1-5H3/b10-8-,16-14-,22-20-,25-24-,28-27-. The van der Waals surface area contributed by atoms with Gasteiger partial charge in [0, 0.05) is 12.8 Å². The molecule has 0 fully saturated rings. The maximum Gasteiger partial charge on any atom is 0.306 e. The minimum absolute atomic E-state index is 0.0286. The van der Waals surface area contributed by atoms with Crippen LogP contribution in [0, 0.1) is 0 Å². The number of phosphoric ester groups is 1. The topological polar surface area (TPSA) is 111 Å². The third-order valence-corrected chi connectivity index (χ3v) is 15.0. The summed E-state index contributed by atoms with van der Waals surface area (Å²) in [7, 11) is 1.18. The Morgan fingerprint density at radius 1 is 0.421 bits per heavy atom. The van der Waals surface area contributed by atoms with Crippen LogP contribution in [0.4, 0.5) is 0 Å². The number of allylic oxidation sites excluding steroid dienone is 10. The maximum atomic E-state index is 12.8. The molecule has 2 atom stereocenters. The molecule has 0 bridgehead atoms. The van der Waals surface area contributed by atoms with Crippen LogP contribution in [0.5, 0.6) is 0 Å². The zero-order valence-electron chi connectivity index (χ0n) is 50.5. The third-order valence-electron chi connectivity index (χ3n) is 14.1. The van der Waals surface area contributed by atoms with Crippen LogP contribution in [0.25, 0.3) is 0 Å². The lowest BCUT2D eigenvalue weighted by molar-refractivity contribution is -0.870. The van der Waals surface area contributed by atoms with Crippen LogP contribution in [0.2, 0.25) is 0 Å². The Bertz CT molecular complexity index is 1470. The average molecular weight is 1090 g/mol. The van der Waals surface area contributed by atoms with E-state index in [1.54, 1.807) is 0 Å². The van der Waals surface area contributed by atoms with Crippen LogP contribution < -0.4 is 4.89 Å². The number of phosphoric acid groups is 1. The van der Waals surface area contributed by atoms with Gasteiger partial charge < -0.3 is 27.9 Å². The van der Waals surface area contributed by atoms with Crippen LogP contribution in [0.1, 0.15) is 296 Å². The molecule has 0 saturated carbocycles. The van der Waals surface area contributed by atoms with Gasteiger partial charge in [0.05, 0.1) is 27.7 Å². The SMILES string of the molecule is CC/C=C\C/C=C\C/C=C\C/C=C\C/C=C\CCCCCCCCCCCCCCCCCCCCCCCC(=O)OC(COC(=O)CCCCCCCCCCCCCCCCC)COP(=O)([O-])OCC[N+](C)(C)C. The molecule has 0 spiro atoms. The third kappa shape index (κ3) is 60.9. The molecule has 0 aliphatic heterocycles. The van der Waals surface area contributed by atoms with E-state index in [0.29, 0.717) is 17.4 Å². The highest BCUT2D eigenvalue weighted by atomic mass is 31.2. The number of hydrogen-bond donors (Lipinski definition) is 0. The fraction of sp³-hybridized carbons (Fsp3) is 0.818. The number of carbonyl (C=O) groups excluding carboxylic acids is 2. The molecule has 76 heavy (non-hydrogen) atoms. The quantitative estimate of drug-likeness (QED) is 0.0195. The zero-order chi connectivity index (χ0) is 55.6. The minimum atomic E-state index is -4.63. The summed E-state index contributed by atoms with van der Waals surface area (Å²) < 4.78 is 34.2. The van der Waals surface area contributed by atoms with E-state index in [-0.39, 0.29) is 32.0 Å². The molecule has 10 heteroatoms. The van der Waals surface area contributed by atoms with Crippen molar-refractivity contribution in [2.24, 2.45) is 0 Å². The van der Waals surface area contributed by atoms with Gasteiger partial charge in [-0.1, -0.05) is 286 Å². The highest BCUT2D eigenvalue weighted by molar-refractivity contribution is 7.45. The van der Waals surface area contributed by atoms with Crippen molar-refractivity contribution in [3.8, 4) is 0 Å². The van der Waals surface area contributed by atoms with Crippen molar-refractivity contribution < 1.29 is 42.1 Å². The summed E-state index contributed by atoms with van der Waals surface area (Å²) in [5.41, 5.74) is 0. The number of quaternary nitrogens is 1. The minimum Gasteiger partial charge on any atom is -0.756 e. The Kier molecular flexibility index (Phi) is 55.7. The molecule has 0 aromatic rings. The summed E-state index contributed by atoms with van der Waals surface area (Å²) in [4.78, 5) is 37.9. The number of carbonyl (C=O) groups is 2. The Morgan fingerprint density at radius 2 is 0.750 bits per heavy atom. The molecule has 2 unspecified atom stereocenters. The second-order valence-electron chi connectivity index (χ2n) is 22.8. The molecular weight excluding hydrogens is 966 g/mol. The fourth-order valence-corrected chi connectivity index (χ4v) is 9.89. The molecule has 0 radical (unpaired) electrons. The average Bonchev–Trinajstić information content (AvgIpc) is 3.38. The normalized spacial score (nSPS) is 13.6. The summed E-state index contributed by atoms with van der Waals surface area (Å²) in [6.45, 7) is 4.17. The van der Waals surface area contributed by atoms with E-state index in [1.807, 2.05) is 21.1 Å². The first-order valence-electron chi connectivity index (χ1n) is 32.0. The molecule has 0 heterocycles. The Morgan fingerprint density at radius 3 is 1.12 bits per heavy atom. The van der Waals surface area contributed by atoms with E-state index in [9.17, 15) is 19.0 Å². The molecule has 0 rings (SSSR count). The van der Waals surface area contributed by atoms with Gasteiger partial charge in [-0.2, -0.15) is 0 Å². The number of nitrogens with zero attached hydrogens (tertiary/aromatic N) is 1. The molecule has 0 saturated heterocycles. The van der Waals surface area contributed by atoms with Crippen molar-refractivity contribution in [2.75, 3.05) is 47.5 Å². The number of ether oxygens (including phenoxy) is 2. The number of rotatable bonds is 59. The van der Waals surface area contributed by atoms with Gasteiger partial charge in [-0.3, -0.25) is 14.2 Å². The number of unbranched alkanes of at least 4 members (excludes halogenated alkanes) is 35. The molecule has 0 aromatic heterocycles. The van der Waals surface area contributed by atoms with Gasteiger partial charge in [0.25, 0.3) is 7.82 Å². The summed E-state index contributed by atoms with van der Waals surface area (Å²) in [5, 5.41) is 0. The number of likely N-dealkylation sites (N-methyl/N-ethyl adjacent to an activating group) is 1. The van der Waals surface area contributed by atoms with Gasteiger partial charge in [0.1, 0.15) is 19.8 Å². The maximum absolute atomic E-state index is 12.8. The fourth-order valence-electron chi connectivity index (χ4n) is 9.16. The second-order valence-corrected chi connectivity index (χ2v) is 24.2. The summed E-state index contributed by atoms with van der Waals surface area (Å²) in [6, 6.07) is 0. The highest BCUT2D eigenvalue weighted by Gasteiger charge is 2.22. The Balaban J connectivity index is 3.94. The van der Waals surface area contributed by atoms with Gasteiger partial charge in [0.15, 0.2) is 6.10 Å². The molecule has 444 valence electrons. The van der Waals surface area contributed by atoms with Gasteiger partial charge in [-0.05, 0) is 57.8 Å². The predicted molar refractivity (Wildman–Crippen MR) is 323 cm³/mol. The van der Waals surface area contributed by atoms with Crippen molar-refractivity contribution >= 4 is 19.8 Å². The summed E-state index contributed by atoms with van der Waals surface area (Å²) in [5.74, 6) is -0.817. The van der Waals surface area contributed by atoms with Crippen molar-refractivity contribution in [2.45, 2.75) is 302 Å². The molecule has 0 N–H and O–H groups in total. The van der Waals surface area contributed by atoms with E-state index in [1.165, 1.54) is 199 Å². The predicted octanol–water partition coefficient (Wildman–Crippen LogP) is 19.6. The van der Waals surface area contributed by atoms with E-state index in [2.05, 4.69) is 74.6 Å². The molecule has 0 aliphatic carbocycles. The van der Waals surface area contributed by atoms with Gasteiger partial charge in [-0.15, -0.1) is 0 Å². The lowest BCUT2D eigenvalue weighted by Crippen LogP contribution is -2.37. The van der Waals surface area contributed by atoms with Crippen LogP contribution in [-0.2, 0) is 32.7 Å². The Hall–Kier alpha value is -2.29. The van der Waals surface area contributed by atoms with E-state index in [4.69, 9.17) is 18.5 Å². The second kappa shape index (κ2) is 57.4. The summed E-state index contributed by atoms with van der Waals surface area (Å²) >= 11 is 0. The molecule has 0 aliphatic rings. The first kappa shape index (κ1) is 73.7. The smallest absolute Gasteiger partial charge is 0.306 e. The van der Waals surface area contributed by atoms with Crippen LogP contribution >= 0.6 is 7.82 Å². The van der Waals surface area contributed by atoms with Gasteiger partial charge in [0.2, 0.25) is 0 Å². The van der Waals surface area contributed by atoms with Crippen molar-refractivity contribution in [3.63, 3.8) is 0 Å².